The van der Waals surface area contributed by atoms with E-state index < -0.39 is 10.3 Å². The molecule has 0 aromatic heterocycles. The van der Waals surface area contributed by atoms with Gasteiger partial charge >= 0.3 is 0 Å². The van der Waals surface area contributed by atoms with Crippen LogP contribution in [-0.2, 0) is 9.59 Å². The molecular weight excluding hydrogens is 286 g/mol. The number of nitrogens with one attached hydrogen (secondary N) is 1. The van der Waals surface area contributed by atoms with Crippen molar-refractivity contribution in [3.8, 4) is 0 Å². The van der Waals surface area contributed by atoms with E-state index >= 15 is 0 Å². The first-order valence-electron chi connectivity index (χ1n) is 7.10. The second-order valence-corrected chi connectivity index (χ2v) is 6.31. The highest BCUT2D eigenvalue weighted by Crippen LogP contribution is 2.34. The number of carbonyl (C=O) groups excluding carboxylic acids is 2. The Morgan fingerprint density at radius 1 is 1.36 bits per heavy atom. The third-order valence-electron chi connectivity index (χ3n) is 3.48. The SMILES string of the molecule is CC(C)(C)C(=O)Nc1ccc(N2CCCC2=O)c([N+](=O)[O-])c1. The number of amides is 2. The van der Waals surface area contributed by atoms with Gasteiger partial charge in [0.05, 0.1) is 4.92 Å². The minimum Gasteiger partial charge on any atom is -0.325 e. The van der Waals surface area contributed by atoms with Crippen molar-refractivity contribution in [2.24, 2.45) is 5.41 Å². The van der Waals surface area contributed by atoms with Crippen molar-refractivity contribution >= 4 is 28.9 Å². The Morgan fingerprint density at radius 2 is 2.05 bits per heavy atom. The minimum absolute atomic E-state index is 0.116. The molecule has 0 atom stereocenters. The van der Waals surface area contributed by atoms with Gasteiger partial charge in [0.1, 0.15) is 5.69 Å². The molecule has 1 fully saturated rings. The van der Waals surface area contributed by atoms with Gasteiger partial charge in [-0.1, -0.05) is 20.8 Å². The van der Waals surface area contributed by atoms with Crippen LogP contribution >= 0.6 is 0 Å². The summed E-state index contributed by atoms with van der Waals surface area (Å²) < 4.78 is 0. The van der Waals surface area contributed by atoms with E-state index in [0.717, 1.165) is 0 Å². The Morgan fingerprint density at radius 3 is 2.55 bits per heavy atom. The second-order valence-electron chi connectivity index (χ2n) is 6.31. The van der Waals surface area contributed by atoms with Crippen LogP contribution in [0, 0.1) is 15.5 Å². The number of rotatable bonds is 3. The third-order valence-corrected chi connectivity index (χ3v) is 3.48. The van der Waals surface area contributed by atoms with Gasteiger partial charge in [0.15, 0.2) is 0 Å². The summed E-state index contributed by atoms with van der Waals surface area (Å²) in [6.45, 7) is 5.75. The van der Waals surface area contributed by atoms with Gasteiger partial charge in [-0.2, -0.15) is 0 Å². The molecule has 1 saturated heterocycles. The van der Waals surface area contributed by atoms with Crippen molar-refractivity contribution in [2.75, 3.05) is 16.8 Å². The van der Waals surface area contributed by atoms with Crippen LogP contribution in [-0.4, -0.2) is 23.3 Å². The first kappa shape index (κ1) is 15.9. The first-order chi connectivity index (χ1) is 10.2. The van der Waals surface area contributed by atoms with Crippen LogP contribution in [0.3, 0.4) is 0 Å². The highest BCUT2D eigenvalue weighted by atomic mass is 16.6. The summed E-state index contributed by atoms with van der Waals surface area (Å²) in [6.07, 6.45) is 1.10. The molecule has 1 aromatic rings. The Balaban J connectivity index is 2.33. The Kier molecular flexibility index (Phi) is 4.16. The minimum atomic E-state index is -0.599. The van der Waals surface area contributed by atoms with Crippen LogP contribution in [0.25, 0.3) is 0 Å². The monoisotopic (exact) mass is 305 g/mol. The van der Waals surface area contributed by atoms with E-state index in [1.807, 2.05) is 0 Å². The molecule has 0 bridgehead atoms. The van der Waals surface area contributed by atoms with E-state index in [2.05, 4.69) is 5.32 Å². The van der Waals surface area contributed by atoms with Crippen molar-refractivity contribution in [2.45, 2.75) is 33.6 Å². The molecule has 1 aromatic carbocycles. The zero-order valence-electron chi connectivity index (χ0n) is 12.9. The molecular formula is C15H19N3O4. The summed E-state index contributed by atoms with van der Waals surface area (Å²) in [5.41, 5.74) is -0.150. The number of hydrogen-bond acceptors (Lipinski definition) is 4. The number of nitro benzene ring substituents is 1. The number of nitrogens with zero attached hydrogens (tertiary/aromatic N) is 2. The number of nitro groups is 1. The van der Waals surface area contributed by atoms with Gasteiger partial charge in [-0.15, -0.1) is 0 Å². The predicted octanol–water partition coefficient (Wildman–Crippen LogP) is 2.71. The molecule has 7 heteroatoms. The quantitative estimate of drug-likeness (QED) is 0.686. The molecule has 0 saturated carbocycles. The predicted molar refractivity (Wildman–Crippen MR) is 82.8 cm³/mol. The third kappa shape index (κ3) is 3.24. The molecule has 2 amide bonds. The molecule has 1 heterocycles. The smallest absolute Gasteiger partial charge is 0.295 e. The highest BCUT2D eigenvalue weighted by Gasteiger charge is 2.29. The number of benzene rings is 1. The van der Waals surface area contributed by atoms with E-state index in [1.54, 1.807) is 26.8 Å². The standard InChI is InChI=1S/C15H19N3O4/c1-15(2,3)14(20)16-10-6-7-11(12(9-10)18(21)22)17-8-4-5-13(17)19/h6-7,9H,4-5,8H2,1-3H3,(H,16,20). The second kappa shape index (κ2) is 5.75. The summed E-state index contributed by atoms with van der Waals surface area (Å²) >= 11 is 0. The van der Waals surface area contributed by atoms with Gasteiger partial charge in [0.25, 0.3) is 5.69 Å². The largest absolute Gasteiger partial charge is 0.325 e. The number of carbonyl (C=O) groups is 2. The molecule has 118 valence electrons. The van der Waals surface area contributed by atoms with Crippen LogP contribution < -0.4 is 10.2 Å². The van der Waals surface area contributed by atoms with E-state index in [9.17, 15) is 19.7 Å². The average molecular weight is 305 g/mol. The Labute approximate surface area is 128 Å². The van der Waals surface area contributed by atoms with Gasteiger partial charge in [-0.3, -0.25) is 19.7 Å². The van der Waals surface area contributed by atoms with E-state index in [4.69, 9.17) is 0 Å². The fraction of sp³-hybridized carbons (Fsp3) is 0.467. The number of hydrogen-bond donors (Lipinski definition) is 1. The summed E-state index contributed by atoms with van der Waals surface area (Å²) in [7, 11) is 0. The van der Waals surface area contributed by atoms with E-state index in [1.165, 1.54) is 17.0 Å². The van der Waals surface area contributed by atoms with Crippen molar-refractivity contribution in [3.05, 3.63) is 28.3 Å². The van der Waals surface area contributed by atoms with Crippen molar-refractivity contribution in [1.29, 1.82) is 0 Å². The molecule has 22 heavy (non-hydrogen) atoms. The van der Waals surface area contributed by atoms with Crippen molar-refractivity contribution < 1.29 is 14.5 Å². The Bertz CT molecular complexity index is 634. The van der Waals surface area contributed by atoms with Crippen molar-refractivity contribution in [1.82, 2.24) is 0 Å². The van der Waals surface area contributed by atoms with Crippen LogP contribution in [0.5, 0.6) is 0 Å². The molecule has 1 N–H and O–H groups in total. The number of anilines is 2. The summed E-state index contributed by atoms with van der Waals surface area (Å²) in [6, 6.07) is 4.39. The maximum Gasteiger partial charge on any atom is 0.295 e. The van der Waals surface area contributed by atoms with Gasteiger partial charge < -0.3 is 10.2 Å². The maximum atomic E-state index is 12.0. The Hall–Kier alpha value is -2.44. The zero-order chi connectivity index (χ0) is 16.5. The molecule has 1 aliphatic heterocycles. The van der Waals surface area contributed by atoms with Gasteiger partial charge in [-0.05, 0) is 18.6 Å². The van der Waals surface area contributed by atoms with Gasteiger partial charge in [0, 0.05) is 30.1 Å². The normalized spacial score (nSPS) is 15.0. The molecule has 2 rings (SSSR count). The zero-order valence-corrected chi connectivity index (χ0v) is 12.9. The highest BCUT2D eigenvalue weighted by molar-refractivity contribution is 5.99. The fourth-order valence-corrected chi connectivity index (χ4v) is 2.20. The maximum absolute atomic E-state index is 12.0. The molecule has 1 aliphatic rings. The molecule has 7 nitrogen and oxygen atoms in total. The lowest BCUT2D eigenvalue weighted by molar-refractivity contribution is -0.384. The van der Waals surface area contributed by atoms with Crippen LogP contribution in [0.2, 0.25) is 0 Å². The van der Waals surface area contributed by atoms with Crippen LogP contribution in [0.1, 0.15) is 33.6 Å². The van der Waals surface area contributed by atoms with Gasteiger partial charge in [0.2, 0.25) is 11.8 Å². The van der Waals surface area contributed by atoms with Crippen molar-refractivity contribution in [3.63, 3.8) is 0 Å². The van der Waals surface area contributed by atoms with Gasteiger partial charge in [-0.25, -0.2) is 0 Å². The molecule has 0 unspecified atom stereocenters. The first-order valence-corrected chi connectivity index (χ1v) is 7.10. The lowest BCUT2D eigenvalue weighted by atomic mass is 9.95. The average Bonchev–Trinajstić information content (AvgIpc) is 2.83. The lowest BCUT2D eigenvalue weighted by Gasteiger charge is -2.19. The summed E-state index contributed by atoms with van der Waals surface area (Å²) in [5, 5.41) is 13.9. The van der Waals surface area contributed by atoms with E-state index in [-0.39, 0.29) is 23.2 Å². The topological polar surface area (TPSA) is 92.6 Å². The molecule has 0 spiro atoms. The summed E-state index contributed by atoms with van der Waals surface area (Å²) in [4.78, 5) is 35.9. The molecule has 0 radical (unpaired) electrons. The van der Waals surface area contributed by atoms with E-state index in [0.29, 0.717) is 25.1 Å². The lowest BCUT2D eigenvalue weighted by Crippen LogP contribution is -2.28. The van der Waals surface area contributed by atoms with Crippen LogP contribution in [0.4, 0.5) is 17.1 Å². The van der Waals surface area contributed by atoms with Crippen LogP contribution in [0.15, 0.2) is 18.2 Å². The fourth-order valence-electron chi connectivity index (χ4n) is 2.20. The molecule has 0 aliphatic carbocycles. The summed E-state index contributed by atoms with van der Waals surface area (Å²) in [5.74, 6) is -0.346.